The average Bonchev–Trinajstić information content (AvgIpc) is 2.36. The fourth-order valence-electron chi connectivity index (χ4n) is 1.77. The van der Waals surface area contributed by atoms with Gasteiger partial charge in [0.25, 0.3) is 0 Å². The van der Waals surface area contributed by atoms with E-state index in [9.17, 15) is 4.79 Å². The van der Waals surface area contributed by atoms with E-state index in [4.69, 9.17) is 9.47 Å². The van der Waals surface area contributed by atoms with Crippen LogP contribution in [0.25, 0.3) is 0 Å². The van der Waals surface area contributed by atoms with Crippen molar-refractivity contribution in [2.24, 2.45) is 11.3 Å². The van der Waals surface area contributed by atoms with E-state index in [-0.39, 0.29) is 5.78 Å². The third kappa shape index (κ3) is 4.55. The largest absolute Gasteiger partial charge is 0.493 e. The van der Waals surface area contributed by atoms with E-state index >= 15 is 0 Å². The van der Waals surface area contributed by atoms with E-state index in [0.29, 0.717) is 29.6 Å². The molecule has 0 aliphatic rings. The van der Waals surface area contributed by atoms with Gasteiger partial charge in [0, 0.05) is 11.0 Å². The number of methoxy groups -OCH3 is 1. The van der Waals surface area contributed by atoms with Crippen LogP contribution in [-0.2, 0) is 0 Å². The first kappa shape index (κ1) is 16.5. The van der Waals surface area contributed by atoms with Crippen molar-refractivity contribution in [2.75, 3.05) is 13.7 Å². The minimum atomic E-state index is -0.398. The van der Waals surface area contributed by atoms with Gasteiger partial charge in [-0.25, -0.2) is 0 Å². The Labute approximate surface area is 122 Å². The maximum Gasteiger partial charge on any atom is 0.168 e. The minimum absolute atomic E-state index is 0.101. The fourth-order valence-corrected chi connectivity index (χ4v) is 1.77. The summed E-state index contributed by atoms with van der Waals surface area (Å²) in [5.41, 5.74) is 0.260. The molecule has 0 fully saturated rings. The standard InChI is InChI=1S/C17H26O3/c1-12(2)9-10-20-14-8-7-13(11-15(14)19-6)16(18)17(3,4)5/h7-8,11-12H,9-10H2,1-6H3. The van der Waals surface area contributed by atoms with Crippen LogP contribution in [0.15, 0.2) is 18.2 Å². The number of carbonyl (C=O) groups excluding carboxylic acids is 1. The molecule has 1 rings (SSSR count). The topological polar surface area (TPSA) is 35.5 Å². The van der Waals surface area contributed by atoms with E-state index < -0.39 is 5.41 Å². The Kier molecular flexibility index (Phi) is 5.61. The average molecular weight is 278 g/mol. The van der Waals surface area contributed by atoms with Crippen molar-refractivity contribution in [1.82, 2.24) is 0 Å². The molecule has 1 aromatic rings. The second-order valence-electron chi connectivity index (χ2n) is 6.48. The molecule has 0 radical (unpaired) electrons. The van der Waals surface area contributed by atoms with Crippen molar-refractivity contribution >= 4 is 5.78 Å². The van der Waals surface area contributed by atoms with Crippen molar-refractivity contribution < 1.29 is 14.3 Å². The molecule has 0 spiro atoms. The van der Waals surface area contributed by atoms with Crippen LogP contribution in [-0.4, -0.2) is 19.5 Å². The number of carbonyl (C=O) groups is 1. The molecule has 0 unspecified atom stereocenters. The van der Waals surface area contributed by atoms with Crippen LogP contribution in [0.3, 0.4) is 0 Å². The second-order valence-corrected chi connectivity index (χ2v) is 6.48. The number of hydrogen-bond donors (Lipinski definition) is 0. The minimum Gasteiger partial charge on any atom is -0.493 e. The summed E-state index contributed by atoms with van der Waals surface area (Å²) in [6.07, 6.45) is 0.992. The third-order valence-corrected chi connectivity index (χ3v) is 3.06. The van der Waals surface area contributed by atoms with Gasteiger partial charge >= 0.3 is 0 Å². The summed E-state index contributed by atoms with van der Waals surface area (Å²) in [7, 11) is 1.59. The predicted molar refractivity (Wildman–Crippen MR) is 81.7 cm³/mol. The molecule has 1 aromatic carbocycles. The van der Waals surface area contributed by atoms with Gasteiger partial charge in [-0.1, -0.05) is 34.6 Å². The third-order valence-electron chi connectivity index (χ3n) is 3.06. The number of ether oxygens (including phenoxy) is 2. The Bertz CT molecular complexity index is 456. The molecule has 0 aliphatic carbocycles. The Balaban J connectivity index is 2.88. The summed E-state index contributed by atoms with van der Waals surface area (Å²) < 4.78 is 11.1. The van der Waals surface area contributed by atoms with Crippen molar-refractivity contribution in [3.8, 4) is 11.5 Å². The van der Waals surface area contributed by atoms with Crippen LogP contribution in [0.4, 0.5) is 0 Å². The van der Waals surface area contributed by atoms with Crippen LogP contribution >= 0.6 is 0 Å². The summed E-state index contributed by atoms with van der Waals surface area (Å²) in [6.45, 7) is 10.7. The molecule has 20 heavy (non-hydrogen) atoms. The van der Waals surface area contributed by atoms with Crippen LogP contribution < -0.4 is 9.47 Å². The number of Topliss-reactive ketones (excluding diaryl/α,β-unsaturated/α-hetero) is 1. The maximum absolute atomic E-state index is 12.3. The Morgan fingerprint density at radius 2 is 1.85 bits per heavy atom. The summed E-state index contributed by atoms with van der Waals surface area (Å²) >= 11 is 0. The lowest BCUT2D eigenvalue weighted by Gasteiger charge is -2.18. The molecule has 0 heterocycles. The van der Waals surface area contributed by atoms with E-state index in [1.807, 2.05) is 26.8 Å². The number of hydrogen-bond acceptors (Lipinski definition) is 3. The van der Waals surface area contributed by atoms with Crippen LogP contribution in [0.1, 0.15) is 51.4 Å². The zero-order valence-electron chi connectivity index (χ0n) is 13.4. The van der Waals surface area contributed by atoms with Gasteiger partial charge in [0.15, 0.2) is 17.3 Å². The van der Waals surface area contributed by atoms with Crippen LogP contribution in [0, 0.1) is 11.3 Å². The first-order valence-electron chi connectivity index (χ1n) is 7.11. The smallest absolute Gasteiger partial charge is 0.168 e. The lowest BCUT2D eigenvalue weighted by Crippen LogP contribution is -2.20. The Morgan fingerprint density at radius 1 is 1.20 bits per heavy atom. The molecule has 0 bridgehead atoms. The fraction of sp³-hybridized carbons (Fsp3) is 0.588. The number of benzene rings is 1. The predicted octanol–water partition coefficient (Wildman–Crippen LogP) is 4.35. The highest BCUT2D eigenvalue weighted by Crippen LogP contribution is 2.31. The van der Waals surface area contributed by atoms with Crippen LogP contribution in [0.5, 0.6) is 11.5 Å². The molecule has 3 heteroatoms. The lowest BCUT2D eigenvalue weighted by atomic mass is 9.86. The molecule has 112 valence electrons. The number of ketones is 1. The highest BCUT2D eigenvalue weighted by atomic mass is 16.5. The lowest BCUT2D eigenvalue weighted by molar-refractivity contribution is 0.0858. The zero-order valence-corrected chi connectivity index (χ0v) is 13.4. The molecule has 3 nitrogen and oxygen atoms in total. The maximum atomic E-state index is 12.3. The van der Waals surface area contributed by atoms with Gasteiger partial charge in [-0.15, -0.1) is 0 Å². The zero-order chi connectivity index (χ0) is 15.3. The molecule has 0 amide bonds. The van der Waals surface area contributed by atoms with Crippen molar-refractivity contribution in [1.29, 1.82) is 0 Å². The summed E-state index contributed by atoms with van der Waals surface area (Å²) in [5, 5.41) is 0. The Morgan fingerprint density at radius 3 is 2.35 bits per heavy atom. The molecule has 0 saturated carbocycles. The van der Waals surface area contributed by atoms with Gasteiger partial charge in [0.05, 0.1) is 13.7 Å². The van der Waals surface area contributed by atoms with E-state index in [2.05, 4.69) is 13.8 Å². The molecular weight excluding hydrogens is 252 g/mol. The van der Waals surface area contributed by atoms with Crippen molar-refractivity contribution in [3.63, 3.8) is 0 Å². The van der Waals surface area contributed by atoms with Gasteiger partial charge in [-0.3, -0.25) is 4.79 Å². The van der Waals surface area contributed by atoms with Gasteiger partial charge in [-0.05, 0) is 30.5 Å². The van der Waals surface area contributed by atoms with E-state index in [0.717, 1.165) is 6.42 Å². The van der Waals surface area contributed by atoms with Gasteiger partial charge in [0.1, 0.15) is 0 Å². The first-order chi connectivity index (χ1) is 9.25. The van der Waals surface area contributed by atoms with Gasteiger partial charge < -0.3 is 9.47 Å². The summed E-state index contributed by atoms with van der Waals surface area (Å²) in [6, 6.07) is 5.39. The van der Waals surface area contributed by atoms with Crippen molar-refractivity contribution in [3.05, 3.63) is 23.8 Å². The summed E-state index contributed by atoms with van der Waals surface area (Å²) in [4.78, 5) is 12.3. The molecule has 0 aromatic heterocycles. The normalized spacial score (nSPS) is 11.6. The van der Waals surface area contributed by atoms with Crippen molar-refractivity contribution in [2.45, 2.75) is 41.0 Å². The van der Waals surface area contributed by atoms with Gasteiger partial charge in [0.2, 0.25) is 0 Å². The summed E-state index contributed by atoms with van der Waals surface area (Å²) in [5.74, 6) is 2.01. The second kappa shape index (κ2) is 6.78. The molecular formula is C17H26O3. The van der Waals surface area contributed by atoms with E-state index in [1.54, 1.807) is 19.2 Å². The van der Waals surface area contributed by atoms with Crippen LogP contribution in [0.2, 0.25) is 0 Å². The highest BCUT2D eigenvalue weighted by Gasteiger charge is 2.23. The highest BCUT2D eigenvalue weighted by molar-refractivity contribution is 6.00. The SMILES string of the molecule is COc1cc(C(=O)C(C)(C)C)ccc1OCCC(C)C. The molecule has 0 atom stereocenters. The first-order valence-corrected chi connectivity index (χ1v) is 7.11. The van der Waals surface area contributed by atoms with Gasteiger partial charge in [-0.2, -0.15) is 0 Å². The number of rotatable bonds is 6. The van der Waals surface area contributed by atoms with E-state index in [1.165, 1.54) is 0 Å². The molecule has 0 aliphatic heterocycles. The molecule has 0 saturated heterocycles. The quantitative estimate of drug-likeness (QED) is 0.726. The Hall–Kier alpha value is -1.51. The monoisotopic (exact) mass is 278 g/mol. The molecule has 0 N–H and O–H groups in total.